The maximum Gasteiger partial charge on any atom is 0.410 e. The Bertz CT molecular complexity index is 826. The van der Waals surface area contributed by atoms with Crippen molar-refractivity contribution in [2.75, 3.05) is 18.4 Å². The Morgan fingerprint density at radius 3 is 2.96 bits per heavy atom. The van der Waals surface area contributed by atoms with E-state index in [1.165, 1.54) is 12.1 Å². The Balaban J connectivity index is 1.65. The summed E-state index contributed by atoms with van der Waals surface area (Å²) in [6, 6.07) is 4.51. The molecule has 0 radical (unpaired) electrons. The topological polar surface area (TPSA) is 113 Å². The Morgan fingerprint density at radius 1 is 1.50 bits per heavy atom. The van der Waals surface area contributed by atoms with Gasteiger partial charge in [0.1, 0.15) is 5.60 Å². The molecule has 1 atom stereocenters. The van der Waals surface area contributed by atoms with E-state index in [4.69, 9.17) is 4.74 Å². The number of nitro benzene ring substituents is 1. The van der Waals surface area contributed by atoms with Gasteiger partial charge < -0.3 is 19.9 Å². The molecule has 3 rings (SSSR count). The Morgan fingerprint density at radius 2 is 2.27 bits per heavy atom. The summed E-state index contributed by atoms with van der Waals surface area (Å²) < 4.78 is 5.46. The lowest BCUT2D eigenvalue weighted by atomic mass is 10.2. The van der Waals surface area contributed by atoms with E-state index in [1.54, 1.807) is 11.0 Å². The number of hydrogen-bond acceptors (Lipinski definition) is 6. The van der Waals surface area contributed by atoms with E-state index >= 15 is 0 Å². The number of fused-ring (bicyclic) bond motifs is 1. The summed E-state index contributed by atoms with van der Waals surface area (Å²) in [5.74, 6) is 0.525. The number of amides is 1. The summed E-state index contributed by atoms with van der Waals surface area (Å²) in [4.78, 5) is 31.9. The Labute approximate surface area is 150 Å². The summed E-state index contributed by atoms with van der Waals surface area (Å²) in [6.45, 7) is 6.75. The fraction of sp³-hybridized carbons (Fsp3) is 0.529. The van der Waals surface area contributed by atoms with Gasteiger partial charge in [-0.25, -0.2) is 9.78 Å². The van der Waals surface area contributed by atoms with Crippen molar-refractivity contribution < 1.29 is 14.5 Å². The maximum atomic E-state index is 12.3. The molecule has 1 saturated heterocycles. The number of rotatable bonds is 4. The maximum absolute atomic E-state index is 12.3. The van der Waals surface area contributed by atoms with Crippen molar-refractivity contribution in [1.29, 1.82) is 0 Å². The van der Waals surface area contributed by atoms with Crippen LogP contribution in [0.5, 0.6) is 0 Å². The molecular weight excluding hydrogens is 338 g/mol. The van der Waals surface area contributed by atoms with Crippen LogP contribution in [0.15, 0.2) is 18.2 Å². The predicted octanol–water partition coefficient (Wildman–Crippen LogP) is 3.28. The second-order valence-corrected chi connectivity index (χ2v) is 7.39. The molecule has 1 aliphatic rings. The van der Waals surface area contributed by atoms with Crippen LogP contribution in [0.3, 0.4) is 0 Å². The fourth-order valence-electron chi connectivity index (χ4n) is 3.02. The van der Waals surface area contributed by atoms with Crippen LogP contribution in [-0.4, -0.2) is 50.6 Å². The van der Waals surface area contributed by atoms with E-state index in [2.05, 4.69) is 15.3 Å². The van der Waals surface area contributed by atoms with Gasteiger partial charge in [-0.1, -0.05) is 0 Å². The molecule has 1 aromatic carbocycles. The minimum atomic E-state index is -0.523. The summed E-state index contributed by atoms with van der Waals surface area (Å²) in [6.07, 6.45) is 1.51. The Hall–Kier alpha value is -2.84. The number of imidazole rings is 1. The van der Waals surface area contributed by atoms with Crippen LogP contribution < -0.4 is 5.32 Å². The zero-order valence-electron chi connectivity index (χ0n) is 15.1. The molecule has 0 aliphatic carbocycles. The number of nitrogens with one attached hydrogen (secondary N) is 2. The molecule has 1 amide bonds. The fourth-order valence-corrected chi connectivity index (χ4v) is 3.02. The average molecular weight is 361 g/mol. The quantitative estimate of drug-likeness (QED) is 0.638. The van der Waals surface area contributed by atoms with Gasteiger partial charge in [-0.2, -0.15) is 0 Å². The number of aromatic amines is 1. The van der Waals surface area contributed by atoms with Gasteiger partial charge in [0.15, 0.2) is 0 Å². The highest BCUT2D eigenvalue weighted by atomic mass is 16.6. The van der Waals surface area contributed by atoms with Crippen LogP contribution in [0, 0.1) is 10.1 Å². The van der Waals surface area contributed by atoms with Gasteiger partial charge >= 0.3 is 6.09 Å². The van der Waals surface area contributed by atoms with Crippen molar-refractivity contribution >= 4 is 28.8 Å². The second-order valence-electron chi connectivity index (χ2n) is 7.39. The van der Waals surface area contributed by atoms with Crippen molar-refractivity contribution in [2.24, 2.45) is 0 Å². The van der Waals surface area contributed by atoms with Crippen LogP contribution in [0.4, 0.5) is 16.4 Å². The number of aromatic nitrogens is 2. The van der Waals surface area contributed by atoms with Gasteiger partial charge in [0.05, 0.1) is 22.0 Å². The van der Waals surface area contributed by atoms with E-state index in [1.807, 2.05) is 20.8 Å². The van der Waals surface area contributed by atoms with Crippen molar-refractivity contribution in [3.8, 4) is 0 Å². The molecule has 1 aliphatic heterocycles. The predicted molar refractivity (Wildman–Crippen MR) is 97.2 cm³/mol. The molecule has 1 fully saturated rings. The lowest BCUT2D eigenvalue weighted by Crippen LogP contribution is -2.42. The summed E-state index contributed by atoms with van der Waals surface area (Å²) in [7, 11) is 0. The largest absolute Gasteiger partial charge is 0.444 e. The second kappa shape index (κ2) is 6.81. The first-order chi connectivity index (χ1) is 12.2. The first-order valence-electron chi connectivity index (χ1n) is 8.60. The number of likely N-dealkylation sites (tertiary alicyclic amines) is 1. The first-order valence-corrected chi connectivity index (χ1v) is 8.60. The molecular formula is C17H23N5O4. The molecule has 0 spiro atoms. The van der Waals surface area contributed by atoms with Crippen molar-refractivity contribution in [3.05, 3.63) is 28.3 Å². The SMILES string of the molecule is CC(C)(C)OC(=O)N1CCCC1CNc1nc2ccc([N+](=O)[O-])cc2[nH]1. The minimum Gasteiger partial charge on any atom is -0.444 e. The van der Waals surface area contributed by atoms with Crippen LogP contribution >= 0.6 is 0 Å². The van der Waals surface area contributed by atoms with Crippen molar-refractivity contribution in [1.82, 2.24) is 14.9 Å². The highest BCUT2D eigenvalue weighted by molar-refractivity contribution is 5.79. The summed E-state index contributed by atoms with van der Waals surface area (Å²) >= 11 is 0. The van der Waals surface area contributed by atoms with Gasteiger partial charge in [-0.05, 0) is 39.7 Å². The number of ether oxygens (including phenoxy) is 1. The number of hydrogen-bond donors (Lipinski definition) is 2. The number of H-pyrrole nitrogens is 1. The third kappa shape index (κ3) is 4.04. The summed E-state index contributed by atoms with van der Waals surface area (Å²) in [5.41, 5.74) is 0.732. The van der Waals surface area contributed by atoms with Gasteiger partial charge in [0, 0.05) is 25.2 Å². The van der Waals surface area contributed by atoms with Crippen molar-refractivity contribution in [2.45, 2.75) is 45.3 Å². The average Bonchev–Trinajstić information content (AvgIpc) is 3.16. The van der Waals surface area contributed by atoms with Crippen LogP contribution in [0.25, 0.3) is 11.0 Å². The third-order valence-electron chi connectivity index (χ3n) is 4.19. The molecule has 2 heterocycles. The zero-order valence-corrected chi connectivity index (χ0v) is 15.1. The van der Waals surface area contributed by atoms with Gasteiger partial charge in [-0.3, -0.25) is 10.1 Å². The molecule has 9 nitrogen and oxygen atoms in total. The van der Waals surface area contributed by atoms with Gasteiger partial charge in [-0.15, -0.1) is 0 Å². The molecule has 0 saturated carbocycles. The standard InChI is InChI=1S/C17H23N5O4/c1-17(2,3)26-16(23)21-8-4-5-12(21)10-18-15-19-13-7-6-11(22(24)25)9-14(13)20-15/h6-7,9,12H,4-5,8,10H2,1-3H3,(H2,18,19,20). The third-order valence-corrected chi connectivity index (χ3v) is 4.19. The molecule has 1 aromatic heterocycles. The molecule has 9 heteroatoms. The van der Waals surface area contributed by atoms with Gasteiger partial charge in [0.2, 0.25) is 5.95 Å². The van der Waals surface area contributed by atoms with E-state index in [9.17, 15) is 14.9 Å². The number of anilines is 1. The highest BCUT2D eigenvalue weighted by Crippen LogP contribution is 2.23. The number of benzene rings is 1. The highest BCUT2D eigenvalue weighted by Gasteiger charge is 2.32. The van der Waals surface area contributed by atoms with Crippen LogP contribution in [0.2, 0.25) is 0 Å². The smallest absolute Gasteiger partial charge is 0.410 e. The molecule has 1 unspecified atom stereocenters. The first kappa shape index (κ1) is 18.0. The molecule has 2 N–H and O–H groups in total. The van der Waals surface area contributed by atoms with Crippen LogP contribution in [-0.2, 0) is 4.74 Å². The van der Waals surface area contributed by atoms with E-state index in [-0.39, 0.29) is 17.8 Å². The van der Waals surface area contributed by atoms with Crippen molar-refractivity contribution in [3.63, 3.8) is 0 Å². The molecule has 0 bridgehead atoms. The normalized spacial score (nSPS) is 17.5. The number of carbonyl (C=O) groups excluding carboxylic acids is 1. The lowest BCUT2D eigenvalue weighted by molar-refractivity contribution is -0.384. The minimum absolute atomic E-state index is 0.0135. The number of carbonyl (C=O) groups is 1. The molecule has 140 valence electrons. The summed E-state index contributed by atoms with van der Waals surface area (Å²) in [5, 5.41) is 14.0. The Kier molecular flexibility index (Phi) is 4.71. The molecule has 26 heavy (non-hydrogen) atoms. The lowest BCUT2D eigenvalue weighted by Gasteiger charge is -2.28. The number of nitro groups is 1. The molecule has 2 aromatic rings. The van der Waals surface area contributed by atoms with Crippen LogP contribution in [0.1, 0.15) is 33.6 Å². The number of non-ortho nitro benzene ring substituents is 1. The van der Waals surface area contributed by atoms with E-state index in [0.29, 0.717) is 30.1 Å². The zero-order chi connectivity index (χ0) is 18.9. The van der Waals surface area contributed by atoms with E-state index in [0.717, 1.165) is 12.8 Å². The van der Waals surface area contributed by atoms with Gasteiger partial charge in [0.25, 0.3) is 5.69 Å². The number of nitrogens with zero attached hydrogens (tertiary/aromatic N) is 3. The van der Waals surface area contributed by atoms with E-state index < -0.39 is 10.5 Å². The monoisotopic (exact) mass is 361 g/mol.